The Bertz CT molecular complexity index is 436. The van der Waals surface area contributed by atoms with Gasteiger partial charge in [0.25, 0.3) is 0 Å². The summed E-state index contributed by atoms with van der Waals surface area (Å²) in [5.74, 6) is 0.497. The Hall–Kier alpha value is -1.42. The van der Waals surface area contributed by atoms with E-state index >= 15 is 0 Å². The fourth-order valence-electron chi connectivity index (χ4n) is 2.27. The second-order valence-corrected chi connectivity index (χ2v) is 4.78. The van der Waals surface area contributed by atoms with Crippen LogP contribution in [-0.2, 0) is 11.8 Å². The fraction of sp³-hybridized carbons (Fsp3) is 0.538. The van der Waals surface area contributed by atoms with Gasteiger partial charge in [-0.2, -0.15) is 0 Å². The second-order valence-electron chi connectivity index (χ2n) is 4.78. The zero-order valence-electron chi connectivity index (χ0n) is 10.3. The van der Waals surface area contributed by atoms with Crippen molar-refractivity contribution in [3.63, 3.8) is 0 Å². The fourth-order valence-corrected chi connectivity index (χ4v) is 2.27. The average Bonchev–Trinajstić information content (AvgIpc) is 2.70. The van der Waals surface area contributed by atoms with Crippen LogP contribution in [0.3, 0.4) is 0 Å². The summed E-state index contributed by atoms with van der Waals surface area (Å²) in [6.45, 7) is 3.76. The molecule has 4 heteroatoms. The number of hydrogen-bond acceptors (Lipinski definition) is 3. The predicted molar refractivity (Wildman–Crippen MR) is 65.0 cm³/mol. The molecule has 0 saturated carbocycles. The molecule has 1 aliphatic rings. The van der Waals surface area contributed by atoms with Crippen LogP contribution < -0.4 is 0 Å². The lowest BCUT2D eigenvalue weighted by atomic mass is 9.98. The van der Waals surface area contributed by atoms with E-state index in [1.807, 2.05) is 36.9 Å². The molecule has 0 spiro atoms. The van der Waals surface area contributed by atoms with Gasteiger partial charge in [-0.05, 0) is 12.1 Å². The Labute approximate surface area is 101 Å². The van der Waals surface area contributed by atoms with Crippen LogP contribution in [0.15, 0.2) is 18.3 Å². The molecular weight excluding hydrogens is 216 g/mol. The van der Waals surface area contributed by atoms with Crippen molar-refractivity contribution in [2.24, 2.45) is 13.0 Å². The molecule has 1 aliphatic heterocycles. The molecule has 2 rings (SSSR count). The first-order valence-corrected chi connectivity index (χ1v) is 5.97. The maximum Gasteiger partial charge on any atom is 0.193 e. The van der Waals surface area contributed by atoms with E-state index in [0.717, 1.165) is 5.69 Å². The molecule has 0 aliphatic carbocycles. The van der Waals surface area contributed by atoms with Gasteiger partial charge in [0.2, 0.25) is 0 Å². The highest BCUT2D eigenvalue weighted by atomic mass is 16.1. The molecule has 0 radical (unpaired) electrons. The molecule has 0 aromatic carbocycles. The maximum absolute atomic E-state index is 12.0. The van der Waals surface area contributed by atoms with E-state index in [0.29, 0.717) is 31.8 Å². The van der Waals surface area contributed by atoms with Crippen LogP contribution in [0.4, 0.5) is 0 Å². The monoisotopic (exact) mass is 234 g/mol. The highest BCUT2D eigenvalue weighted by molar-refractivity contribution is 5.96. The zero-order chi connectivity index (χ0) is 12.4. The summed E-state index contributed by atoms with van der Waals surface area (Å²) in [5, 5.41) is 0. The number of aryl methyl sites for hydroxylation is 1. The molecule has 2 heterocycles. The van der Waals surface area contributed by atoms with E-state index in [1.165, 1.54) is 0 Å². The van der Waals surface area contributed by atoms with Gasteiger partial charge < -0.3 is 4.57 Å². The molecule has 4 nitrogen and oxygen atoms in total. The summed E-state index contributed by atoms with van der Waals surface area (Å²) < 4.78 is 1.83. The van der Waals surface area contributed by atoms with Crippen molar-refractivity contribution in [2.75, 3.05) is 19.6 Å². The van der Waals surface area contributed by atoms with Crippen molar-refractivity contribution >= 4 is 11.6 Å². The summed E-state index contributed by atoms with van der Waals surface area (Å²) in [4.78, 5) is 25.5. The van der Waals surface area contributed by atoms with Crippen LogP contribution in [-0.4, -0.2) is 40.7 Å². The van der Waals surface area contributed by atoms with Gasteiger partial charge in [0.05, 0.1) is 12.2 Å². The van der Waals surface area contributed by atoms with Gasteiger partial charge in [0.1, 0.15) is 5.78 Å². The first kappa shape index (κ1) is 12.0. The summed E-state index contributed by atoms with van der Waals surface area (Å²) >= 11 is 0. The van der Waals surface area contributed by atoms with E-state index in [1.54, 1.807) is 0 Å². The normalized spacial score (nSPS) is 21.8. The van der Waals surface area contributed by atoms with E-state index in [4.69, 9.17) is 0 Å². The third-order valence-electron chi connectivity index (χ3n) is 3.35. The van der Waals surface area contributed by atoms with Gasteiger partial charge in [0.15, 0.2) is 5.78 Å². The highest BCUT2D eigenvalue weighted by Crippen LogP contribution is 2.13. The third kappa shape index (κ3) is 2.64. The minimum Gasteiger partial charge on any atom is -0.348 e. The molecular formula is C13H18N2O2. The Morgan fingerprint density at radius 3 is 2.88 bits per heavy atom. The predicted octanol–water partition coefficient (Wildman–Crippen LogP) is 1.12. The van der Waals surface area contributed by atoms with Crippen LogP contribution >= 0.6 is 0 Å². The van der Waals surface area contributed by atoms with Crippen LogP contribution in [0.25, 0.3) is 0 Å². The Morgan fingerprint density at radius 2 is 2.29 bits per heavy atom. The Kier molecular flexibility index (Phi) is 3.43. The van der Waals surface area contributed by atoms with Crippen molar-refractivity contribution in [2.45, 2.75) is 13.3 Å². The number of rotatable bonds is 3. The third-order valence-corrected chi connectivity index (χ3v) is 3.35. The molecule has 1 unspecified atom stereocenters. The molecule has 0 amide bonds. The lowest BCUT2D eigenvalue weighted by Gasteiger charge is -2.29. The number of ketones is 2. The van der Waals surface area contributed by atoms with Crippen LogP contribution in [0.5, 0.6) is 0 Å². The summed E-state index contributed by atoms with van der Waals surface area (Å²) in [5.41, 5.74) is 0.731. The van der Waals surface area contributed by atoms with Gasteiger partial charge in [-0.25, -0.2) is 0 Å². The first-order valence-electron chi connectivity index (χ1n) is 5.97. The number of carbonyl (C=O) groups is 2. The smallest absolute Gasteiger partial charge is 0.193 e. The summed E-state index contributed by atoms with van der Waals surface area (Å²) in [6.07, 6.45) is 2.44. The summed E-state index contributed by atoms with van der Waals surface area (Å²) in [7, 11) is 1.87. The van der Waals surface area contributed by atoms with Crippen LogP contribution in [0, 0.1) is 5.92 Å². The van der Waals surface area contributed by atoms with E-state index in [9.17, 15) is 9.59 Å². The van der Waals surface area contributed by atoms with Gasteiger partial charge in [0, 0.05) is 38.7 Å². The largest absolute Gasteiger partial charge is 0.348 e. The molecule has 17 heavy (non-hydrogen) atoms. The number of likely N-dealkylation sites (tertiary alicyclic amines) is 1. The van der Waals surface area contributed by atoms with Gasteiger partial charge >= 0.3 is 0 Å². The van der Waals surface area contributed by atoms with E-state index in [2.05, 4.69) is 4.90 Å². The number of carbonyl (C=O) groups excluding carboxylic acids is 2. The van der Waals surface area contributed by atoms with Crippen molar-refractivity contribution in [3.05, 3.63) is 24.0 Å². The SMILES string of the molecule is CC1CN(CC(=O)c2cccn2C)CCC1=O. The quantitative estimate of drug-likeness (QED) is 0.736. The minimum absolute atomic E-state index is 0.0602. The van der Waals surface area contributed by atoms with Crippen molar-refractivity contribution in [1.29, 1.82) is 0 Å². The van der Waals surface area contributed by atoms with Crippen molar-refractivity contribution < 1.29 is 9.59 Å². The lowest BCUT2D eigenvalue weighted by Crippen LogP contribution is -2.42. The van der Waals surface area contributed by atoms with Crippen LogP contribution in [0.2, 0.25) is 0 Å². The summed E-state index contributed by atoms with van der Waals surface area (Å²) in [6, 6.07) is 3.70. The Morgan fingerprint density at radius 1 is 1.53 bits per heavy atom. The van der Waals surface area contributed by atoms with Crippen molar-refractivity contribution in [3.8, 4) is 0 Å². The maximum atomic E-state index is 12.0. The lowest BCUT2D eigenvalue weighted by molar-refractivity contribution is -0.125. The first-order chi connectivity index (χ1) is 8.08. The topological polar surface area (TPSA) is 42.3 Å². The number of piperidine rings is 1. The standard InChI is InChI=1S/C13H18N2O2/c1-10-8-15(7-5-12(10)16)9-13(17)11-4-3-6-14(11)2/h3-4,6,10H,5,7-9H2,1-2H3. The van der Waals surface area contributed by atoms with Gasteiger partial charge in [-0.3, -0.25) is 14.5 Å². The van der Waals surface area contributed by atoms with E-state index in [-0.39, 0.29) is 11.7 Å². The number of hydrogen-bond donors (Lipinski definition) is 0. The molecule has 1 aromatic heterocycles. The molecule has 0 N–H and O–H groups in total. The molecule has 1 fully saturated rings. The van der Waals surface area contributed by atoms with E-state index < -0.39 is 0 Å². The number of Topliss-reactive ketones (excluding diaryl/α,β-unsaturated/α-hetero) is 2. The number of nitrogens with zero attached hydrogens (tertiary/aromatic N) is 2. The molecule has 92 valence electrons. The number of aromatic nitrogens is 1. The molecule has 1 atom stereocenters. The molecule has 1 aromatic rings. The van der Waals surface area contributed by atoms with Crippen molar-refractivity contribution in [1.82, 2.24) is 9.47 Å². The van der Waals surface area contributed by atoms with Crippen LogP contribution in [0.1, 0.15) is 23.8 Å². The highest BCUT2D eigenvalue weighted by Gasteiger charge is 2.25. The second kappa shape index (κ2) is 4.84. The molecule has 0 bridgehead atoms. The van der Waals surface area contributed by atoms with Gasteiger partial charge in [-0.15, -0.1) is 0 Å². The Balaban J connectivity index is 1.96. The average molecular weight is 234 g/mol. The van der Waals surface area contributed by atoms with Gasteiger partial charge in [-0.1, -0.05) is 6.92 Å². The zero-order valence-corrected chi connectivity index (χ0v) is 10.3. The molecule has 1 saturated heterocycles. The minimum atomic E-state index is 0.0602.